The van der Waals surface area contributed by atoms with E-state index in [0.717, 1.165) is 56.3 Å². The quantitative estimate of drug-likeness (QED) is 0.385. The maximum atomic E-state index is 14.2. The van der Waals surface area contributed by atoms with Crippen LogP contribution in [0.5, 0.6) is 0 Å². The van der Waals surface area contributed by atoms with Crippen molar-refractivity contribution in [2.45, 2.75) is 87.9 Å². The summed E-state index contributed by atoms with van der Waals surface area (Å²) in [6, 6.07) is 16.3. The molecule has 0 bridgehead atoms. The molecule has 4 fully saturated rings. The number of nitrogens with zero attached hydrogens (tertiary/aromatic N) is 3. The van der Waals surface area contributed by atoms with Crippen LogP contribution in [0, 0.1) is 0 Å². The highest BCUT2D eigenvalue weighted by atomic mass is 35.5. The summed E-state index contributed by atoms with van der Waals surface area (Å²) < 4.78 is 0. The Morgan fingerprint density at radius 3 is 2.33 bits per heavy atom. The predicted octanol–water partition coefficient (Wildman–Crippen LogP) is 3.24. The van der Waals surface area contributed by atoms with Crippen LogP contribution in [0.4, 0.5) is 5.69 Å². The van der Waals surface area contributed by atoms with Gasteiger partial charge in [-0.05, 0) is 74.9 Å². The van der Waals surface area contributed by atoms with Crippen LogP contribution in [0.1, 0.15) is 63.4 Å². The zero-order valence-electron chi connectivity index (χ0n) is 26.4. The molecule has 2 aromatic carbocycles. The van der Waals surface area contributed by atoms with Gasteiger partial charge in [0.25, 0.3) is 5.91 Å². The molecule has 246 valence electrons. The number of hydrogen-bond donors (Lipinski definition) is 3. The third kappa shape index (κ3) is 7.18. The minimum absolute atomic E-state index is 0.0213. The first kappa shape index (κ1) is 32.3. The van der Waals surface area contributed by atoms with Crippen molar-refractivity contribution in [2.75, 3.05) is 37.7 Å². The van der Waals surface area contributed by atoms with E-state index in [9.17, 15) is 19.2 Å². The summed E-state index contributed by atoms with van der Waals surface area (Å²) >= 11 is 6.10. The summed E-state index contributed by atoms with van der Waals surface area (Å²) in [5.41, 5.74) is 0.966. The van der Waals surface area contributed by atoms with E-state index in [2.05, 4.69) is 20.9 Å². The zero-order valence-corrected chi connectivity index (χ0v) is 27.1. The number of amides is 4. The third-order valence-electron chi connectivity index (χ3n) is 10.1. The van der Waals surface area contributed by atoms with Crippen molar-refractivity contribution < 1.29 is 19.2 Å². The van der Waals surface area contributed by atoms with Gasteiger partial charge in [0.05, 0.1) is 12.7 Å². The number of hydrogen-bond acceptors (Lipinski definition) is 6. The first-order valence-electron chi connectivity index (χ1n) is 16.8. The van der Waals surface area contributed by atoms with Gasteiger partial charge in [-0.15, -0.1) is 0 Å². The number of anilines is 1. The number of para-hydroxylation sites is 1. The summed E-state index contributed by atoms with van der Waals surface area (Å²) in [6.45, 7) is 1.86. The average molecular weight is 649 g/mol. The Morgan fingerprint density at radius 1 is 0.935 bits per heavy atom. The van der Waals surface area contributed by atoms with E-state index in [1.165, 1.54) is 6.42 Å². The molecule has 10 nitrogen and oxygen atoms in total. The van der Waals surface area contributed by atoms with Crippen molar-refractivity contribution in [3.05, 3.63) is 65.2 Å². The molecule has 6 rings (SSSR count). The van der Waals surface area contributed by atoms with E-state index in [0.29, 0.717) is 44.0 Å². The van der Waals surface area contributed by atoms with E-state index < -0.39 is 11.6 Å². The van der Waals surface area contributed by atoms with Gasteiger partial charge in [0.1, 0.15) is 18.1 Å². The largest absolute Gasteiger partial charge is 0.352 e. The lowest BCUT2D eigenvalue weighted by atomic mass is 9.85. The lowest BCUT2D eigenvalue weighted by Crippen LogP contribution is -2.60. The highest BCUT2D eigenvalue weighted by molar-refractivity contribution is 6.30. The molecule has 46 heavy (non-hydrogen) atoms. The molecule has 3 aliphatic heterocycles. The van der Waals surface area contributed by atoms with Crippen LogP contribution in [0.15, 0.2) is 54.6 Å². The van der Waals surface area contributed by atoms with Gasteiger partial charge in [0, 0.05) is 36.3 Å². The molecule has 2 atom stereocenters. The highest BCUT2D eigenvalue weighted by Gasteiger charge is 2.54. The van der Waals surface area contributed by atoms with Crippen LogP contribution in [-0.2, 0) is 25.6 Å². The van der Waals surface area contributed by atoms with Crippen molar-refractivity contribution in [1.29, 1.82) is 0 Å². The fraction of sp³-hybridized carbons (Fsp3) is 0.543. The number of rotatable bonds is 9. The van der Waals surface area contributed by atoms with Gasteiger partial charge in [-0.2, -0.15) is 0 Å². The molecule has 0 unspecified atom stereocenters. The molecule has 4 amide bonds. The molecule has 1 saturated carbocycles. The maximum absolute atomic E-state index is 14.2. The van der Waals surface area contributed by atoms with Crippen LogP contribution >= 0.6 is 11.6 Å². The van der Waals surface area contributed by atoms with E-state index in [1.807, 2.05) is 42.5 Å². The monoisotopic (exact) mass is 648 g/mol. The molecule has 1 spiro atoms. The Labute approximate surface area is 276 Å². The Morgan fingerprint density at radius 2 is 1.65 bits per heavy atom. The number of carbonyl (C=O) groups is 4. The number of likely N-dealkylation sites (tertiary alicyclic amines) is 1. The molecule has 3 heterocycles. The molecule has 0 aromatic heterocycles. The summed E-state index contributed by atoms with van der Waals surface area (Å²) in [4.78, 5) is 60.0. The smallest absolute Gasteiger partial charge is 0.250 e. The Balaban J connectivity index is 1.16. The molecule has 1 aliphatic carbocycles. The van der Waals surface area contributed by atoms with E-state index in [-0.39, 0.29) is 42.3 Å². The molecule has 3 N–H and O–H groups in total. The number of nitrogens with one attached hydrogen (secondary N) is 3. The SMILES string of the molecule is O=C(CN1CN(c2ccccc2)C2(CCN(C(=O)[C@@H](Cc3ccc(Cl)cc3)NC(=O)[C@H]3CCCN3)CC2)C1=O)NC1CCCCC1. The fourth-order valence-electron chi connectivity index (χ4n) is 7.57. The first-order chi connectivity index (χ1) is 22.3. The van der Waals surface area contributed by atoms with Crippen molar-refractivity contribution >= 4 is 40.9 Å². The zero-order chi connectivity index (χ0) is 32.1. The third-order valence-corrected chi connectivity index (χ3v) is 10.4. The van der Waals surface area contributed by atoms with E-state index in [1.54, 1.807) is 21.9 Å². The summed E-state index contributed by atoms with van der Waals surface area (Å²) in [7, 11) is 0. The van der Waals surface area contributed by atoms with E-state index in [4.69, 9.17) is 11.6 Å². The topological polar surface area (TPSA) is 114 Å². The van der Waals surface area contributed by atoms with Crippen LogP contribution in [0.25, 0.3) is 0 Å². The van der Waals surface area contributed by atoms with Crippen molar-refractivity contribution in [3.63, 3.8) is 0 Å². The average Bonchev–Trinajstić information content (AvgIpc) is 3.71. The number of carbonyl (C=O) groups excluding carboxylic acids is 4. The lowest BCUT2D eigenvalue weighted by molar-refractivity contribution is -0.141. The molecular formula is C35H45ClN6O4. The van der Waals surface area contributed by atoms with Crippen molar-refractivity contribution in [3.8, 4) is 0 Å². The molecule has 0 radical (unpaired) electrons. The normalized spacial score (nSPS) is 22.2. The molecule has 11 heteroatoms. The van der Waals surface area contributed by atoms with Crippen LogP contribution in [0.3, 0.4) is 0 Å². The number of benzene rings is 2. The highest BCUT2D eigenvalue weighted by Crippen LogP contribution is 2.39. The van der Waals surface area contributed by atoms with Gasteiger partial charge >= 0.3 is 0 Å². The summed E-state index contributed by atoms with van der Waals surface area (Å²) in [6.07, 6.45) is 8.29. The van der Waals surface area contributed by atoms with Crippen LogP contribution in [0.2, 0.25) is 5.02 Å². The lowest BCUT2D eigenvalue weighted by Gasteiger charge is -2.44. The fourth-order valence-corrected chi connectivity index (χ4v) is 7.70. The second kappa shape index (κ2) is 14.4. The van der Waals surface area contributed by atoms with Gasteiger partial charge in [0.15, 0.2) is 0 Å². The minimum atomic E-state index is -0.855. The second-order valence-corrected chi connectivity index (χ2v) is 13.6. The molecule has 4 aliphatic rings. The number of piperidine rings is 1. The second-order valence-electron chi connectivity index (χ2n) is 13.2. The Bertz CT molecular complexity index is 1390. The van der Waals surface area contributed by atoms with Gasteiger partial charge in [-0.25, -0.2) is 0 Å². The number of halogens is 1. The molecular weight excluding hydrogens is 604 g/mol. The molecule has 3 saturated heterocycles. The standard InChI is InChI=1S/C35H45ClN6O4/c36-26-15-13-25(14-16-26)22-30(39-32(44)29-12-7-19-37-29)33(45)40-20-17-35(18-21-40)34(46)41(24-42(35)28-10-5-2-6-11-28)23-31(43)38-27-8-3-1-4-9-27/h2,5-6,10-11,13-16,27,29-30,37H,1,3-4,7-9,12,17-24H2,(H,38,43)(H,39,44)/t29-,30-/m1/s1. The predicted molar refractivity (Wildman–Crippen MR) is 177 cm³/mol. The van der Waals surface area contributed by atoms with Gasteiger partial charge in [0.2, 0.25) is 17.7 Å². The van der Waals surface area contributed by atoms with Crippen molar-refractivity contribution in [1.82, 2.24) is 25.8 Å². The maximum Gasteiger partial charge on any atom is 0.250 e. The molecule has 2 aromatic rings. The van der Waals surface area contributed by atoms with Crippen LogP contribution < -0.4 is 20.9 Å². The van der Waals surface area contributed by atoms with Gasteiger partial charge < -0.3 is 30.7 Å². The van der Waals surface area contributed by atoms with Crippen molar-refractivity contribution in [2.24, 2.45) is 0 Å². The summed E-state index contributed by atoms with van der Waals surface area (Å²) in [5.74, 6) is -0.505. The van der Waals surface area contributed by atoms with Gasteiger partial charge in [-0.3, -0.25) is 19.2 Å². The van der Waals surface area contributed by atoms with E-state index >= 15 is 0 Å². The minimum Gasteiger partial charge on any atom is -0.352 e. The Hall–Kier alpha value is -3.63. The Kier molecular flexibility index (Phi) is 10.1. The van der Waals surface area contributed by atoms with Crippen LogP contribution in [-0.4, -0.2) is 89.9 Å². The summed E-state index contributed by atoms with van der Waals surface area (Å²) in [5, 5.41) is 10.0. The first-order valence-corrected chi connectivity index (χ1v) is 17.2. The van der Waals surface area contributed by atoms with Gasteiger partial charge in [-0.1, -0.05) is 61.2 Å².